The van der Waals surface area contributed by atoms with Crippen LogP contribution in [0.25, 0.3) is 5.69 Å². The van der Waals surface area contributed by atoms with E-state index in [-0.39, 0.29) is 12.3 Å². The third kappa shape index (κ3) is 2.69. The van der Waals surface area contributed by atoms with E-state index in [0.29, 0.717) is 15.9 Å². The van der Waals surface area contributed by atoms with Gasteiger partial charge in [0.2, 0.25) is 0 Å². The van der Waals surface area contributed by atoms with Crippen LogP contribution in [-0.4, -0.2) is 27.3 Å². The highest BCUT2D eigenvalue weighted by Gasteiger charge is 2.17. The fourth-order valence-electron chi connectivity index (χ4n) is 1.57. The first-order chi connectivity index (χ1) is 9.54. The van der Waals surface area contributed by atoms with Crippen molar-refractivity contribution in [2.45, 2.75) is 6.92 Å². The summed E-state index contributed by atoms with van der Waals surface area (Å²) in [5.74, 6) is -0.479. The molecule has 1 heterocycles. The number of carbonyl (C=O) groups is 1. The second-order valence-corrected chi connectivity index (χ2v) is 4.51. The number of nitrogens with zero attached hydrogens (tertiary/aromatic N) is 3. The second-order valence-electron chi connectivity index (χ2n) is 3.75. The Morgan fingerprint density at radius 2 is 2.10 bits per heavy atom. The molecule has 0 unspecified atom stereocenters. The molecule has 20 heavy (non-hydrogen) atoms. The summed E-state index contributed by atoms with van der Waals surface area (Å²) in [6.45, 7) is 1.99. The number of non-ortho nitro benzene ring substituents is 1. The molecule has 0 aliphatic rings. The number of hydrogen-bond donors (Lipinski definition) is 0. The number of hydrogen-bond acceptors (Lipinski definition) is 5. The van der Waals surface area contributed by atoms with Crippen LogP contribution in [0, 0.1) is 10.1 Å². The van der Waals surface area contributed by atoms with Crippen LogP contribution in [0.3, 0.4) is 0 Å². The van der Waals surface area contributed by atoms with E-state index in [1.165, 1.54) is 23.0 Å². The minimum absolute atomic E-state index is 0.0114. The molecule has 8 heteroatoms. The van der Waals surface area contributed by atoms with Crippen LogP contribution >= 0.6 is 15.9 Å². The van der Waals surface area contributed by atoms with E-state index in [0.717, 1.165) is 0 Å². The smallest absolute Gasteiger partial charge is 0.342 e. The van der Waals surface area contributed by atoms with E-state index < -0.39 is 10.9 Å². The van der Waals surface area contributed by atoms with Crippen LogP contribution in [-0.2, 0) is 4.74 Å². The van der Waals surface area contributed by atoms with Gasteiger partial charge in [-0.05, 0) is 35.0 Å². The molecule has 0 saturated heterocycles. The number of esters is 1. The fourth-order valence-corrected chi connectivity index (χ4v) is 2.14. The summed E-state index contributed by atoms with van der Waals surface area (Å²) >= 11 is 3.27. The second kappa shape index (κ2) is 5.83. The van der Waals surface area contributed by atoms with Gasteiger partial charge in [-0.15, -0.1) is 0 Å². The van der Waals surface area contributed by atoms with Crippen LogP contribution in [0.2, 0.25) is 0 Å². The molecule has 2 aromatic rings. The maximum absolute atomic E-state index is 11.7. The Morgan fingerprint density at radius 1 is 1.45 bits per heavy atom. The lowest BCUT2D eigenvalue weighted by Crippen LogP contribution is -2.05. The molecule has 104 valence electrons. The molecule has 1 aromatic carbocycles. The van der Waals surface area contributed by atoms with Crippen LogP contribution in [0.4, 0.5) is 5.69 Å². The normalized spacial score (nSPS) is 10.3. The molecule has 0 bridgehead atoms. The van der Waals surface area contributed by atoms with Crippen LogP contribution in [0.5, 0.6) is 0 Å². The first-order valence-corrected chi connectivity index (χ1v) is 6.49. The summed E-state index contributed by atoms with van der Waals surface area (Å²) in [6, 6.07) is 5.83. The van der Waals surface area contributed by atoms with Gasteiger partial charge in [0.1, 0.15) is 10.2 Å². The third-order valence-corrected chi connectivity index (χ3v) is 3.27. The van der Waals surface area contributed by atoms with Gasteiger partial charge in [0.15, 0.2) is 0 Å². The van der Waals surface area contributed by atoms with Gasteiger partial charge in [0.25, 0.3) is 5.69 Å². The molecule has 0 fully saturated rings. The lowest BCUT2D eigenvalue weighted by atomic mass is 10.3. The Balaban J connectivity index is 2.34. The van der Waals surface area contributed by atoms with Gasteiger partial charge in [-0.3, -0.25) is 10.1 Å². The lowest BCUT2D eigenvalue weighted by Gasteiger charge is -2.04. The maximum atomic E-state index is 11.7. The van der Waals surface area contributed by atoms with Gasteiger partial charge in [-0.25, -0.2) is 9.48 Å². The topological polar surface area (TPSA) is 87.3 Å². The molecule has 0 N–H and O–H groups in total. The molecule has 0 saturated carbocycles. The van der Waals surface area contributed by atoms with Crippen LogP contribution < -0.4 is 0 Å². The Hall–Kier alpha value is -2.22. The molecular weight excluding hydrogens is 330 g/mol. The number of halogens is 1. The molecule has 0 atom stereocenters. The number of nitro benzene ring substituents is 1. The highest BCUT2D eigenvalue weighted by atomic mass is 79.9. The van der Waals surface area contributed by atoms with Crippen molar-refractivity contribution in [3.63, 3.8) is 0 Å². The number of nitro groups is 1. The van der Waals surface area contributed by atoms with Crippen LogP contribution in [0.1, 0.15) is 17.3 Å². The van der Waals surface area contributed by atoms with Crippen molar-refractivity contribution in [2.75, 3.05) is 6.61 Å². The zero-order valence-corrected chi connectivity index (χ0v) is 12.0. The molecule has 0 aliphatic heterocycles. The van der Waals surface area contributed by atoms with Gasteiger partial charge >= 0.3 is 5.97 Å². The zero-order chi connectivity index (χ0) is 14.7. The van der Waals surface area contributed by atoms with Crippen molar-refractivity contribution in [1.29, 1.82) is 0 Å². The van der Waals surface area contributed by atoms with E-state index in [2.05, 4.69) is 21.0 Å². The van der Waals surface area contributed by atoms with Crippen molar-refractivity contribution >= 4 is 27.6 Å². The summed E-state index contributed by atoms with van der Waals surface area (Å²) in [5, 5.41) is 14.7. The Bertz CT molecular complexity index is 651. The largest absolute Gasteiger partial charge is 0.462 e. The summed E-state index contributed by atoms with van der Waals surface area (Å²) in [5.41, 5.74) is 0.880. The first kappa shape index (κ1) is 14.2. The van der Waals surface area contributed by atoms with E-state index in [9.17, 15) is 14.9 Å². The summed E-state index contributed by atoms with van der Waals surface area (Å²) in [4.78, 5) is 21.8. The van der Waals surface area contributed by atoms with Crippen LogP contribution in [0.15, 0.2) is 35.1 Å². The van der Waals surface area contributed by atoms with Crippen molar-refractivity contribution in [3.8, 4) is 5.69 Å². The maximum Gasteiger partial charge on any atom is 0.342 e. The Morgan fingerprint density at radius 3 is 2.65 bits per heavy atom. The average Bonchev–Trinajstić information content (AvgIpc) is 2.81. The van der Waals surface area contributed by atoms with Gasteiger partial charge in [-0.2, -0.15) is 5.10 Å². The number of benzene rings is 1. The number of ether oxygens (including phenoxy) is 1. The third-order valence-electron chi connectivity index (χ3n) is 2.51. The standard InChI is InChI=1S/C12H10BrN3O4/c1-2-20-12(17)10-7-14-15(11(10)13)8-3-5-9(6-4-8)16(18)19/h3-7H,2H2,1H3. The highest BCUT2D eigenvalue weighted by Crippen LogP contribution is 2.23. The number of carbonyl (C=O) groups excluding carboxylic acids is 1. The Labute approximate surface area is 122 Å². The molecule has 0 aliphatic carbocycles. The van der Waals surface area contributed by atoms with Gasteiger partial charge < -0.3 is 4.74 Å². The minimum atomic E-state index is -0.480. The number of aromatic nitrogens is 2. The van der Waals surface area contributed by atoms with E-state index in [1.807, 2.05) is 0 Å². The van der Waals surface area contributed by atoms with Crippen molar-refractivity contribution in [3.05, 3.63) is 50.7 Å². The van der Waals surface area contributed by atoms with E-state index in [1.54, 1.807) is 19.1 Å². The zero-order valence-electron chi connectivity index (χ0n) is 10.4. The first-order valence-electron chi connectivity index (χ1n) is 5.70. The van der Waals surface area contributed by atoms with E-state index >= 15 is 0 Å². The van der Waals surface area contributed by atoms with Gasteiger partial charge in [0, 0.05) is 12.1 Å². The van der Waals surface area contributed by atoms with Gasteiger partial charge in [0.05, 0.1) is 23.4 Å². The predicted octanol–water partition coefficient (Wildman–Crippen LogP) is 2.72. The molecule has 7 nitrogen and oxygen atoms in total. The molecule has 0 amide bonds. The summed E-state index contributed by atoms with van der Waals surface area (Å²) < 4.78 is 6.79. The molecule has 0 radical (unpaired) electrons. The van der Waals surface area contributed by atoms with Crippen molar-refractivity contribution < 1.29 is 14.5 Å². The molecule has 1 aromatic heterocycles. The monoisotopic (exact) mass is 339 g/mol. The fraction of sp³-hybridized carbons (Fsp3) is 0.167. The molecular formula is C12H10BrN3O4. The molecule has 0 spiro atoms. The summed E-state index contributed by atoms with van der Waals surface area (Å²) in [7, 11) is 0. The lowest BCUT2D eigenvalue weighted by molar-refractivity contribution is -0.384. The van der Waals surface area contributed by atoms with Gasteiger partial charge in [-0.1, -0.05) is 0 Å². The quantitative estimate of drug-likeness (QED) is 0.485. The number of rotatable bonds is 4. The van der Waals surface area contributed by atoms with Crippen molar-refractivity contribution in [2.24, 2.45) is 0 Å². The summed E-state index contributed by atoms with van der Waals surface area (Å²) in [6.07, 6.45) is 1.38. The van der Waals surface area contributed by atoms with E-state index in [4.69, 9.17) is 4.74 Å². The highest BCUT2D eigenvalue weighted by molar-refractivity contribution is 9.10. The molecule has 2 rings (SSSR count). The Kier molecular flexibility index (Phi) is 4.14. The van der Waals surface area contributed by atoms with Crippen molar-refractivity contribution in [1.82, 2.24) is 9.78 Å². The predicted molar refractivity (Wildman–Crippen MR) is 73.9 cm³/mol. The average molecular weight is 340 g/mol. The SMILES string of the molecule is CCOC(=O)c1cnn(-c2ccc([N+](=O)[O-])cc2)c1Br. The minimum Gasteiger partial charge on any atom is -0.462 e.